The zero-order valence-electron chi connectivity index (χ0n) is 10.8. The van der Waals surface area contributed by atoms with Crippen LogP contribution in [0.25, 0.3) is 0 Å². The van der Waals surface area contributed by atoms with Gasteiger partial charge in [0.1, 0.15) is 5.75 Å². The van der Waals surface area contributed by atoms with Crippen molar-refractivity contribution in [2.75, 3.05) is 18.6 Å². The van der Waals surface area contributed by atoms with Gasteiger partial charge in [-0.05, 0) is 38.8 Å². The van der Waals surface area contributed by atoms with Crippen LogP contribution in [0.15, 0.2) is 24.3 Å². The van der Waals surface area contributed by atoms with Gasteiger partial charge in [-0.25, -0.2) is 0 Å². The van der Waals surface area contributed by atoms with Crippen molar-refractivity contribution in [3.05, 3.63) is 24.3 Å². The van der Waals surface area contributed by atoms with Crippen LogP contribution in [-0.4, -0.2) is 30.4 Å². The van der Waals surface area contributed by atoms with Crippen LogP contribution >= 0.6 is 0 Å². The van der Waals surface area contributed by atoms with Crippen molar-refractivity contribution >= 4 is 5.69 Å². The second-order valence-electron chi connectivity index (χ2n) is 5.14. The lowest BCUT2D eigenvalue weighted by atomic mass is 9.86. The fourth-order valence-corrected chi connectivity index (χ4v) is 2.55. The van der Waals surface area contributed by atoms with Crippen LogP contribution in [0.2, 0.25) is 0 Å². The quantitative estimate of drug-likeness (QED) is 0.854. The molecule has 2 rings (SSSR count). The van der Waals surface area contributed by atoms with E-state index in [1.807, 2.05) is 18.2 Å². The lowest BCUT2D eigenvalue weighted by Crippen LogP contribution is -2.56. The highest BCUT2D eigenvalue weighted by atomic mass is 16.5. The Bertz CT molecular complexity index is 390. The number of hydrogen-bond donors (Lipinski definition) is 1. The van der Waals surface area contributed by atoms with Gasteiger partial charge in [-0.1, -0.05) is 12.1 Å². The Morgan fingerprint density at radius 1 is 1.35 bits per heavy atom. The molecule has 1 aromatic carbocycles. The number of hydrogen-bond acceptors (Lipinski definition) is 3. The predicted octanol–water partition coefficient (Wildman–Crippen LogP) is 2.43. The average Bonchev–Trinajstić information content (AvgIpc) is 2.33. The molecule has 3 nitrogen and oxygen atoms in total. The molecule has 1 aliphatic heterocycles. The van der Waals surface area contributed by atoms with Crippen molar-refractivity contribution < 1.29 is 9.84 Å². The molecule has 1 aliphatic rings. The molecular formula is C14H21NO2. The summed E-state index contributed by atoms with van der Waals surface area (Å²) in [5.41, 5.74) is 0.825. The molecule has 0 saturated carbocycles. The molecule has 1 aromatic rings. The Kier molecular flexibility index (Phi) is 3.29. The van der Waals surface area contributed by atoms with Crippen molar-refractivity contribution in [3.63, 3.8) is 0 Å². The molecule has 1 fully saturated rings. The molecule has 0 aromatic heterocycles. The first-order valence-corrected chi connectivity index (χ1v) is 6.16. The van der Waals surface area contributed by atoms with E-state index in [2.05, 4.69) is 24.8 Å². The van der Waals surface area contributed by atoms with Crippen LogP contribution in [0, 0.1) is 0 Å². The fourth-order valence-electron chi connectivity index (χ4n) is 2.55. The number of anilines is 1. The Hall–Kier alpha value is -1.22. The third-order valence-corrected chi connectivity index (χ3v) is 3.75. The maximum Gasteiger partial charge on any atom is 0.142 e. The lowest BCUT2D eigenvalue weighted by Gasteiger charge is -2.47. The normalized spacial score (nSPS) is 23.5. The van der Waals surface area contributed by atoms with Crippen LogP contribution in [-0.2, 0) is 0 Å². The lowest BCUT2D eigenvalue weighted by molar-refractivity contribution is 0.0709. The van der Waals surface area contributed by atoms with Crippen LogP contribution < -0.4 is 9.64 Å². The third-order valence-electron chi connectivity index (χ3n) is 3.75. The van der Waals surface area contributed by atoms with Gasteiger partial charge in [0.05, 0.1) is 24.4 Å². The number of nitrogens with zero attached hydrogens (tertiary/aromatic N) is 1. The standard InChI is InChI=1S/C14H21NO2/c1-14(2)13(16)9-6-10-15(14)11-7-4-5-8-12(11)17-3/h4-5,7-8,13,16H,6,9-10H2,1-3H3. The summed E-state index contributed by atoms with van der Waals surface area (Å²) < 4.78 is 5.40. The number of piperidine rings is 1. The highest BCUT2D eigenvalue weighted by Gasteiger charge is 2.38. The van der Waals surface area contributed by atoms with E-state index in [1.165, 1.54) is 0 Å². The van der Waals surface area contributed by atoms with E-state index in [-0.39, 0.29) is 11.6 Å². The largest absolute Gasteiger partial charge is 0.495 e. The van der Waals surface area contributed by atoms with Crippen molar-refractivity contribution in [1.82, 2.24) is 0 Å². The van der Waals surface area contributed by atoms with Gasteiger partial charge in [-0.3, -0.25) is 0 Å². The second-order valence-corrected chi connectivity index (χ2v) is 5.14. The smallest absolute Gasteiger partial charge is 0.142 e. The summed E-state index contributed by atoms with van der Waals surface area (Å²) in [6, 6.07) is 8.00. The second kappa shape index (κ2) is 4.57. The molecule has 0 bridgehead atoms. The summed E-state index contributed by atoms with van der Waals surface area (Å²) >= 11 is 0. The Morgan fingerprint density at radius 3 is 2.76 bits per heavy atom. The molecule has 1 saturated heterocycles. The first kappa shape index (κ1) is 12.2. The van der Waals surface area contributed by atoms with Crippen molar-refractivity contribution in [2.45, 2.75) is 38.3 Å². The van der Waals surface area contributed by atoms with E-state index in [4.69, 9.17) is 4.74 Å². The molecule has 1 atom stereocenters. The fraction of sp³-hybridized carbons (Fsp3) is 0.571. The topological polar surface area (TPSA) is 32.7 Å². The minimum atomic E-state index is -0.291. The average molecular weight is 235 g/mol. The molecule has 0 radical (unpaired) electrons. The molecule has 94 valence electrons. The minimum absolute atomic E-state index is 0.243. The van der Waals surface area contributed by atoms with Gasteiger partial charge in [0.25, 0.3) is 0 Å². The number of aliphatic hydroxyl groups is 1. The summed E-state index contributed by atoms with van der Waals surface area (Å²) in [7, 11) is 1.69. The van der Waals surface area contributed by atoms with Crippen LogP contribution in [0.1, 0.15) is 26.7 Å². The molecule has 17 heavy (non-hydrogen) atoms. The summed E-state index contributed by atoms with van der Waals surface area (Å²) in [6.07, 6.45) is 1.60. The Morgan fingerprint density at radius 2 is 2.06 bits per heavy atom. The molecule has 1 unspecified atom stereocenters. The van der Waals surface area contributed by atoms with Crippen molar-refractivity contribution in [1.29, 1.82) is 0 Å². The molecule has 0 spiro atoms. The Labute approximate surface area is 103 Å². The van der Waals surface area contributed by atoms with E-state index in [0.717, 1.165) is 30.8 Å². The van der Waals surface area contributed by atoms with E-state index in [9.17, 15) is 5.11 Å². The third kappa shape index (κ3) is 2.12. The summed E-state index contributed by atoms with van der Waals surface area (Å²) in [5.74, 6) is 0.870. The van der Waals surface area contributed by atoms with Crippen LogP contribution in [0.3, 0.4) is 0 Å². The molecule has 3 heteroatoms. The van der Waals surface area contributed by atoms with Gasteiger partial charge in [0.2, 0.25) is 0 Å². The molecular weight excluding hydrogens is 214 g/mol. The molecule has 1 N–H and O–H groups in total. The number of para-hydroxylation sites is 2. The maximum absolute atomic E-state index is 10.1. The molecule has 0 aliphatic carbocycles. The summed E-state index contributed by atoms with van der Waals surface area (Å²) in [4.78, 5) is 2.25. The van der Waals surface area contributed by atoms with Gasteiger partial charge >= 0.3 is 0 Å². The maximum atomic E-state index is 10.1. The zero-order valence-corrected chi connectivity index (χ0v) is 10.8. The summed E-state index contributed by atoms with van der Waals surface area (Å²) in [5, 5.41) is 10.1. The predicted molar refractivity (Wildman–Crippen MR) is 69.7 cm³/mol. The first-order valence-electron chi connectivity index (χ1n) is 6.16. The van der Waals surface area contributed by atoms with Crippen molar-refractivity contribution in [3.8, 4) is 5.75 Å². The van der Waals surface area contributed by atoms with Gasteiger partial charge in [0, 0.05) is 6.54 Å². The van der Waals surface area contributed by atoms with Gasteiger partial charge < -0.3 is 14.7 Å². The van der Waals surface area contributed by atoms with E-state index < -0.39 is 0 Å². The highest BCUT2D eigenvalue weighted by Crippen LogP contribution is 2.37. The Balaban J connectivity index is 2.38. The molecule has 0 amide bonds. The van der Waals surface area contributed by atoms with E-state index in [0.29, 0.717) is 0 Å². The van der Waals surface area contributed by atoms with E-state index in [1.54, 1.807) is 7.11 Å². The SMILES string of the molecule is COc1ccccc1N1CCCC(O)C1(C)C. The van der Waals surface area contributed by atoms with Gasteiger partial charge in [0.15, 0.2) is 0 Å². The van der Waals surface area contributed by atoms with Crippen molar-refractivity contribution in [2.24, 2.45) is 0 Å². The zero-order chi connectivity index (χ0) is 12.5. The number of aliphatic hydroxyl groups excluding tert-OH is 1. The highest BCUT2D eigenvalue weighted by molar-refractivity contribution is 5.60. The number of rotatable bonds is 2. The van der Waals surface area contributed by atoms with Gasteiger partial charge in [-0.15, -0.1) is 0 Å². The monoisotopic (exact) mass is 235 g/mol. The first-order chi connectivity index (χ1) is 8.07. The minimum Gasteiger partial charge on any atom is -0.495 e. The molecule has 1 heterocycles. The van der Waals surface area contributed by atoms with Gasteiger partial charge in [-0.2, -0.15) is 0 Å². The number of benzene rings is 1. The summed E-state index contributed by atoms with van der Waals surface area (Å²) in [6.45, 7) is 5.14. The number of ether oxygens (including phenoxy) is 1. The van der Waals surface area contributed by atoms with Crippen LogP contribution in [0.5, 0.6) is 5.75 Å². The van der Waals surface area contributed by atoms with E-state index >= 15 is 0 Å². The number of methoxy groups -OCH3 is 1. The van der Waals surface area contributed by atoms with Crippen LogP contribution in [0.4, 0.5) is 5.69 Å².